The second-order valence-corrected chi connectivity index (χ2v) is 7.00. The third kappa shape index (κ3) is 3.14. The molecular formula is C22H23N3O2. The van der Waals surface area contributed by atoms with Gasteiger partial charge >= 0.3 is 0 Å². The molecule has 0 saturated carbocycles. The number of amides is 1. The first kappa shape index (κ1) is 17.5. The maximum Gasteiger partial charge on any atom is 0.254 e. The summed E-state index contributed by atoms with van der Waals surface area (Å²) in [6.45, 7) is 4.63. The van der Waals surface area contributed by atoms with Crippen LogP contribution in [0.25, 0.3) is 11.0 Å². The van der Waals surface area contributed by atoms with Crippen LogP contribution in [0.15, 0.2) is 42.5 Å². The monoisotopic (exact) mass is 361 g/mol. The van der Waals surface area contributed by atoms with E-state index in [4.69, 9.17) is 4.74 Å². The van der Waals surface area contributed by atoms with E-state index in [1.54, 1.807) is 7.11 Å². The van der Waals surface area contributed by atoms with Crippen molar-refractivity contribution in [2.24, 2.45) is 0 Å². The molecule has 5 nitrogen and oxygen atoms in total. The number of fused-ring (bicyclic) bond motifs is 1. The summed E-state index contributed by atoms with van der Waals surface area (Å²) in [5.74, 6) is 0.864. The summed E-state index contributed by atoms with van der Waals surface area (Å²) in [6, 6.07) is 13.6. The summed E-state index contributed by atoms with van der Waals surface area (Å²) in [6.07, 6.45) is 1.93. The maximum absolute atomic E-state index is 13.3. The topological polar surface area (TPSA) is 55.3 Å². The minimum absolute atomic E-state index is 0.0327. The van der Waals surface area contributed by atoms with Crippen molar-refractivity contribution in [3.63, 3.8) is 0 Å². The minimum atomic E-state index is 0.0327. The van der Waals surface area contributed by atoms with E-state index in [0.29, 0.717) is 5.56 Å². The van der Waals surface area contributed by atoms with Gasteiger partial charge in [-0.3, -0.25) is 4.79 Å². The Morgan fingerprint density at radius 1 is 1.07 bits per heavy atom. The van der Waals surface area contributed by atoms with Crippen molar-refractivity contribution in [2.75, 3.05) is 13.7 Å². The van der Waals surface area contributed by atoms with Crippen molar-refractivity contribution >= 4 is 16.9 Å². The lowest BCUT2D eigenvalue weighted by Gasteiger charge is -2.26. The highest BCUT2D eigenvalue weighted by Crippen LogP contribution is 2.37. The van der Waals surface area contributed by atoms with Gasteiger partial charge < -0.3 is 9.64 Å². The number of carbonyl (C=O) groups excluding carboxylic acids is 1. The molecular weight excluding hydrogens is 338 g/mol. The number of benzene rings is 2. The molecule has 0 spiro atoms. The number of carbonyl (C=O) groups is 1. The SMILES string of the molecule is COc1ccccc1C1CCCN1C(=O)c1ccc2nc(C)c(C)nc2c1. The predicted octanol–water partition coefficient (Wildman–Crippen LogP) is 4.23. The van der Waals surface area contributed by atoms with Crippen molar-refractivity contribution in [3.8, 4) is 5.75 Å². The molecule has 4 rings (SSSR count). The van der Waals surface area contributed by atoms with E-state index in [2.05, 4.69) is 9.97 Å². The van der Waals surface area contributed by atoms with Gasteiger partial charge in [0.2, 0.25) is 0 Å². The molecule has 0 N–H and O–H groups in total. The van der Waals surface area contributed by atoms with E-state index in [-0.39, 0.29) is 11.9 Å². The average Bonchev–Trinajstić information content (AvgIpc) is 3.17. The molecule has 1 amide bonds. The van der Waals surface area contributed by atoms with E-state index < -0.39 is 0 Å². The number of nitrogens with zero attached hydrogens (tertiary/aromatic N) is 3. The number of likely N-dealkylation sites (tertiary alicyclic amines) is 1. The molecule has 2 heterocycles. The van der Waals surface area contributed by atoms with Gasteiger partial charge in [-0.05, 0) is 51.0 Å². The zero-order valence-corrected chi connectivity index (χ0v) is 15.9. The van der Waals surface area contributed by atoms with Crippen molar-refractivity contribution < 1.29 is 9.53 Å². The molecule has 1 atom stereocenters. The normalized spacial score (nSPS) is 16.7. The first-order valence-corrected chi connectivity index (χ1v) is 9.27. The first-order chi connectivity index (χ1) is 13.1. The summed E-state index contributed by atoms with van der Waals surface area (Å²) in [4.78, 5) is 24.4. The molecule has 2 aromatic carbocycles. The maximum atomic E-state index is 13.3. The highest BCUT2D eigenvalue weighted by atomic mass is 16.5. The number of aromatic nitrogens is 2. The van der Waals surface area contributed by atoms with Gasteiger partial charge in [0, 0.05) is 17.7 Å². The lowest BCUT2D eigenvalue weighted by molar-refractivity contribution is 0.0734. The fraction of sp³-hybridized carbons (Fsp3) is 0.318. The molecule has 5 heteroatoms. The highest BCUT2D eigenvalue weighted by molar-refractivity contribution is 5.97. The van der Waals surface area contributed by atoms with Crippen molar-refractivity contribution in [1.82, 2.24) is 14.9 Å². The second kappa shape index (κ2) is 6.99. The predicted molar refractivity (Wildman–Crippen MR) is 105 cm³/mol. The molecule has 1 aliphatic heterocycles. The number of hydrogen-bond acceptors (Lipinski definition) is 4. The molecule has 0 aliphatic carbocycles. The van der Waals surface area contributed by atoms with Gasteiger partial charge in [-0.15, -0.1) is 0 Å². The Kier molecular flexibility index (Phi) is 4.52. The van der Waals surface area contributed by atoms with E-state index in [9.17, 15) is 4.79 Å². The van der Waals surface area contributed by atoms with Crippen LogP contribution < -0.4 is 4.74 Å². The van der Waals surface area contributed by atoms with E-state index in [1.807, 2.05) is 61.2 Å². The minimum Gasteiger partial charge on any atom is -0.496 e. The quantitative estimate of drug-likeness (QED) is 0.700. The largest absolute Gasteiger partial charge is 0.496 e. The van der Waals surface area contributed by atoms with Gasteiger partial charge in [-0.2, -0.15) is 0 Å². The highest BCUT2D eigenvalue weighted by Gasteiger charge is 2.32. The van der Waals surface area contributed by atoms with Crippen LogP contribution in [0, 0.1) is 13.8 Å². The van der Waals surface area contributed by atoms with Gasteiger partial charge in [-0.1, -0.05) is 18.2 Å². The number of hydrogen-bond donors (Lipinski definition) is 0. The van der Waals surface area contributed by atoms with E-state index in [1.165, 1.54) is 0 Å². The van der Waals surface area contributed by atoms with Gasteiger partial charge in [0.25, 0.3) is 5.91 Å². The van der Waals surface area contributed by atoms with Crippen LogP contribution in [0.5, 0.6) is 5.75 Å². The van der Waals surface area contributed by atoms with E-state index >= 15 is 0 Å². The fourth-order valence-corrected chi connectivity index (χ4v) is 3.80. The van der Waals surface area contributed by atoms with E-state index in [0.717, 1.165) is 53.1 Å². The van der Waals surface area contributed by atoms with Gasteiger partial charge in [0.1, 0.15) is 5.75 Å². The second-order valence-electron chi connectivity index (χ2n) is 7.00. The first-order valence-electron chi connectivity index (χ1n) is 9.27. The van der Waals surface area contributed by atoms with Crippen LogP contribution in [-0.2, 0) is 0 Å². The Morgan fingerprint density at radius 2 is 1.81 bits per heavy atom. The summed E-state index contributed by atoms with van der Waals surface area (Å²) in [5.41, 5.74) is 5.10. The molecule has 1 unspecified atom stereocenters. The van der Waals surface area contributed by atoms with Crippen LogP contribution in [0.2, 0.25) is 0 Å². The molecule has 1 aromatic heterocycles. The molecule has 0 bridgehead atoms. The third-order valence-corrected chi connectivity index (χ3v) is 5.33. The Morgan fingerprint density at radius 3 is 2.59 bits per heavy atom. The van der Waals surface area contributed by atoms with Crippen LogP contribution in [0.3, 0.4) is 0 Å². The number of methoxy groups -OCH3 is 1. The number of rotatable bonds is 3. The fourth-order valence-electron chi connectivity index (χ4n) is 3.80. The third-order valence-electron chi connectivity index (χ3n) is 5.33. The summed E-state index contributed by atoms with van der Waals surface area (Å²) in [7, 11) is 1.67. The summed E-state index contributed by atoms with van der Waals surface area (Å²) < 4.78 is 5.52. The number of aryl methyl sites for hydroxylation is 2. The Labute approximate surface area is 159 Å². The molecule has 27 heavy (non-hydrogen) atoms. The lowest BCUT2D eigenvalue weighted by atomic mass is 10.0. The zero-order chi connectivity index (χ0) is 19.0. The summed E-state index contributed by atoms with van der Waals surface area (Å²) in [5, 5.41) is 0. The van der Waals surface area contributed by atoms with Crippen LogP contribution in [-0.4, -0.2) is 34.4 Å². The van der Waals surface area contributed by atoms with Crippen molar-refractivity contribution in [1.29, 1.82) is 0 Å². The molecule has 1 saturated heterocycles. The van der Waals surface area contributed by atoms with Crippen LogP contribution >= 0.6 is 0 Å². The Hall–Kier alpha value is -2.95. The molecule has 1 aliphatic rings. The number of para-hydroxylation sites is 1. The van der Waals surface area contributed by atoms with Crippen LogP contribution in [0.1, 0.15) is 46.2 Å². The Bertz CT molecular complexity index is 1020. The van der Waals surface area contributed by atoms with Gasteiger partial charge in [0.15, 0.2) is 0 Å². The van der Waals surface area contributed by atoms with Crippen molar-refractivity contribution in [2.45, 2.75) is 32.7 Å². The Balaban J connectivity index is 1.69. The molecule has 3 aromatic rings. The van der Waals surface area contributed by atoms with Gasteiger partial charge in [0.05, 0.1) is 35.6 Å². The molecule has 138 valence electrons. The van der Waals surface area contributed by atoms with Gasteiger partial charge in [-0.25, -0.2) is 9.97 Å². The summed E-state index contributed by atoms with van der Waals surface area (Å²) >= 11 is 0. The molecule has 1 fully saturated rings. The lowest BCUT2D eigenvalue weighted by Crippen LogP contribution is -2.30. The smallest absolute Gasteiger partial charge is 0.254 e. The number of ether oxygens (including phenoxy) is 1. The van der Waals surface area contributed by atoms with Crippen LogP contribution in [0.4, 0.5) is 0 Å². The average molecular weight is 361 g/mol. The standard InChI is InChI=1S/C22H23N3O2/c1-14-15(2)24-19-13-16(10-11-18(19)23-14)22(26)25-12-6-8-20(25)17-7-4-5-9-21(17)27-3/h4-5,7,9-11,13,20H,6,8,12H2,1-3H3. The zero-order valence-electron chi connectivity index (χ0n) is 15.9. The molecule has 0 radical (unpaired) electrons. The van der Waals surface area contributed by atoms with Crippen molar-refractivity contribution in [3.05, 3.63) is 65.0 Å².